The standard InChI is InChI=1S/C17H18ClNO3S/c1-12-3-6-14(7-4-12)23(21,22)10-9-17(20)19-16-8-5-13(2)11-15(16)18/h3-8,11H,9-10H2,1-2H3,(H,19,20). The maximum absolute atomic E-state index is 12.2. The summed E-state index contributed by atoms with van der Waals surface area (Å²) in [4.78, 5) is 12.2. The highest BCUT2D eigenvalue weighted by Crippen LogP contribution is 2.23. The van der Waals surface area contributed by atoms with Gasteiger partial charge >= 0.3 is 0 Å². The smallest absolute Gasteiger partial charge is 0.225 e. The van der Waals surface area contributed by atoms with Crippen LogP contribution in [0.4, 0.5) is 5.69 Å². The molecule has 4 nitrogen and oxygen atoms in total. The van der Waals surface area contributed by atoms with Crippen molar-refractivity contribution in [1.29, 1.82) is 0 Å². The van der Waals surface area contributed by atoms with Gasteiger partial charge in [0.2, 0.25) is 5.91 Å². The Hall–Kier alpha value is -1.85. The number of halogens is 1. The molecule has 1 amide bonds. The molecule has 0 unspecified atom stereocenters. The molecule has 0 heterocycles. The summed E-state index contributed by atoms with van der Waals surface area (Å²) in [6, 6.07) is 11.8. The predicted octanol–water partition coefficient (Wildman–Crippen LogP) is 3.76. The SMILES string of the molecule is Cc1ccc(S(=O)(=O)CCC(=O)Nc2ccc(C)cc2Cl)cc1. The Morgan fingerprint density at radius 1 is 1.04 bits per heavy atom. The van der Waals surface area contributed by atoms with Gasteiger partial charge < -0.3 is 5.32 Å². The number of aryl methyl sites for hydroxylation is 2. The molecule has 0 saturated heterocycles. The molecule has 0 aliphatic carbocycles. The molecule has 0 saturated carbocycles. The lowest BCUT2D eigenvalue weighted by atomic mass is 10.2. The number of hydrogen-bond acceptors (Lipinski definition) is 3. The normalized spacial score (nSPS) is 11.3. The molecule has 0 aromatic heterocycles. The van der Waals surface area contributed by atoms with Crippen LogP contribution in [-0.2, 0) is 14.6 Å². The van der Waals surface area contributed by atoms with Crippen molar-refractivity contribution >= 4 is 33.0 Å². The number of benzene rings is 2. The van der Waals surface area contributed by atoms with Crippen molar-refractivity contribution in [2.75, 3.05) is 11.1 Å². The summed E-state index contributed by atoms with van der Waals surface area (Å²) in [6.07, 6.45) is -0.125. The average Bonchev–Trinajstić information content (AvgIpc) is 2.49. The van der Waals surface area contributed by atoms with Gasteiger partial charge in [-0.2, -0.15) is 0 Å². The van der Waals surface area contributed by atoms with Crippen LogP contribution in [0.1, 0.15) is 17.5 Å². The van der Waals surface area contributed by atoms with Crippen molar-refractivity contribution < 1.29 is 13.2 Å². The summed E-state index contributed by atoms with van der Waals surface area (Å²) in [6.45, 7) is 3.78. The first-order chi connectivity index (χ1) is 10.8. The second-order valence-corrected chi connectivity index (χ2v) is 7.93. The monoisotopic (exact) mass is 351 g/mol. The van der Waals surface area contributed by atoms with Crippen molar-refractivity contribution in [2.24, 2.45) is 0 Å². The number of carbonyl (C=O) groups excluding carboxylic acids is 1. The van der Waals surface area contributed by atoms with E-state index in [0.717, 1.165) is 11.1 Å². The van der Waals surface area contributed by atoms with Gasteiger partial charge in [0.1, 0.15) is 0 Å². The zero-order valence-electron chi connectivity index (χ0n) is 13.0. The molecule has 0 spiro atoms. The third kappa shape index (κ3) is 4.81. The van der Waals surface area contributed by atoms with Crippen LogP contribution in [-0.4, -0.2) is 20.1 Å². The Kier molecular flexibility index (Phi) is 5.44. The number of anilines is 1. The molecule has 6 heteroatoms. The fourth-order valence-corrected chi connectivity index (χ4v) is 3.55. The first-order valence-corrected chi connectivity index (χ1v) is 9.16. The molecule has 0 fully saturated rings. The molecule has 2 aromatic rings. The molecule has 0 aliphatic rings. The Labute approximate surface area is 141 Å². The topological polar surface area (TPSA) is 63.2 Å². The molecule has 122 valence electrons. The van der Waals surface area contributed by atoms with Crippen LogP contribution in [0.25, 0.3) is 0 Å². The van der Waals surface area contributed by atoms with E-state index in [-0.39, 0.29) is 23.0 Å². The van der Waals surface area contributed by atoms with Crippen molar-refractivity contribution in [3.8, 4) is 0 Å². The maximum Gasteiger partial charge on any atom is 0.225 e. The third-order valence-electron chi connectivity index (χ3n) is 3.38. The highest BCUT2D eigenvalue weighted by Gasteiger charge is 2.16. The van der Waals surface area contributed by atoms with Gasteiger partial charge in [-0.15, -0.1) is 0 Å². The van der Waals surface area contributed by atoms with Gasteiger partial charge in [0.15, 0.2) is 9.84 Å². The predicted molar refractivity (Wildman–Crippen MR) is 92.7 cm³/mol. The molecule has 0 bridgehead atoms. The van der Waals surface area contributed by atoms with Gasteiger partial charge in [-0.3, -0.25) is 4.79 Å². The first kappa shape index (κ1) is 17.5. The van der Waals surface area contributed by atoms with Gasteiger partial charge in [-0.25, -0.2) is 8.42 Å². The Morgan fingerprint density at radius 3 is 2.26 bits per heavy atom. The van der Waals surface area contributed by atoms with Crippen molar-refractivity contribution in [1.82, 2.24) is 0 Å². The molecule has 0 radical (unpaired) electrons. The third-order valence-corrected chi connectivity index (χ3v) is 5.42. The summed E-state index contributed by atoms with van der Waals surface area (Å²) < 4.78 is 24.4. The van der Waals surface area contributed by atoms with Crippen LogP contribution >= 0.6 is 11.6 Å². The summed E-state index contributed by atoms with van der Waals surface area (Å²) in [5.74, 6) is -0.628. The van der Waals surface area contributed by atoms with E-state index in [9.17, 15) is 13.2 Å². The lowest BCUT2D eigenvalue weighted by Crippen LogP contribution is -2.17. The minimum Gasteiger partial charge on any atom is -0.325 e. The van der Waals surface area contributed by atoms with Gasteiger partial charge in [0.05, 0.1) is 21.4 Å². The van der Waals surface area contributed by atoms with E-state index in [1.807, 2.05) is 19.9 Å². The number of nitrogens with one attached hydrogen (secondary N) is 1. The fraction of sp³-hybridized carbons (Fsp3) is 0.235. The van der Waals surface area contributed by atoms with Crippen molar-refractivity contribution in [3.05, 3.63) is 58.6 Å². The summed E-state index contributed by atoms with van der Waals surface area (Å²) in [5.41, 5.74) is 2.45. The Balaban J connectivity index is 1.99. The number of carbonyl (C=O) groups is 1. The van der Waals surface area contributed by atoms with Gasteiger partial charge in [0.25, 0.3) is 0 Å². The highest BCUT2D eigenvalue weighted by molar-refractivity contribution is 7.91. The van der Waals surface area contributed by atoms with Gasteiger partial charge in [-0.05, 0) is 43.7 Å². The van der Waals surface area contributed by atoms with E-state index in [1.54, 1.807) is 36.4 Å². The minimum absolute atomic E-state index is 0.125. The zero-order valence-corrected chi connectivity index (χ0v) is 14.5. The van der Waals surface area contributed by atoms with E-state index in [4.69, 9.17) is 11.6 Å². The fourth-order valence-electron chi connectivity index (χ4n) is 2.02. The Bertz CT molecular complexity index is 814. The lowest BCUT2D eigenvalue weighted by molar-refractivity contribution is -0.115. The highest BCUT2D eigenvalue weighted by atomic mass is 35.5. The van der Waals surface area contributed by atoms with Crippen LogP contribution in [0.2, 0.25) is 5.02 Å². The van der Waals surface area contributed by atoms with E-state index in [0.29, 0.717) is 10.7 Å². The molecular weight excluding hydrogens is 334 g/mol. The summed E-state index contributed by atoms with van der Waals surface area (Å²) in [7, 11) is -3.48. The molecule has 2 rings (SSSR count). The average molecular weight is 352 g/mol. The maximum atomic E-state index is 12.2. The van der Waals surface area contributed by atoms with E-state index in [2.05, 4.69) is 5.32 Å². The van der Waals surface area contributed by atoms with Crippen LogP contribution in [0.15, 0.2) is 47.4 Å². The number of sulfone groups is 1. The molecule has 0 atom stereocenters. The molecule has 2 aromatic carbocycles. The van der Waals surface area contributed by atoms with Crippen molar-refractivity contribution in [3.63, 3.8) is 0 Å². The largest absolute Gasteiger partial charge is 0.325 e. The second-order valence-electron chi connectivity index (χ2n) is 5.41. The number of rotatable bonds is 5. The molecule has 0 aliphatic heterocycles. The van der Waals surface area contributed by atoms with Crippen molar-refractivity contribution in [2.45, 2.75) is 25.2 Å². The summed E-state index contributed by atoms with van der Waals surface area (Å²) in [5, 5.41) is 3.07. The van der Waals surface area contributed by atoms with Crippen LogP contribution < -0.4 is 5.32 Å². The van der Waals surface area contributed by atoms with E-state index >= 15 is 0 Å². The van der Waals surface area contributed by atoms with Gasteiger partial charge in [0, 0.05) is 6.42 Å². The molecular formula is C17H18ClNO3S. The van der Waals surface area contributed by atoms with E-state index in [1.165, 1.54) is 0 Å². The minimum atomic E-state index is -3.48. The van der Waals surface area contributed by atoms with E-state index < -0.39 is 9.84 Å². The zero-order chi connectivity index (χ0) is 17.0. The number of amides is 1. The quantitative estimate of drug-likeness (QED) is 0.892. The first-order valence-electron chi connectivity index (χ1n) is 7.13. The van der Waals surface area contributed by atoms with Gasteiger partial charge in [-0.1, -0.05) is 35.4 Å². The summed E-state index contributed by atoms with van der Waals surface area (Å²) >= 11 is 6.04. The lowest BCUT2D eigenvalue weighted by Gasteiger charge is -2.08. The number of hydrogen-bond donors (Lipinski definition) is 1. The second kappa shape index (κ2) is 7.15. The van der Waals surface area contributed by atoms with Crippen LogP contribution in [0.3, 0.4) is 0 Å². The van der Waals surface area contributed by atoms with Crippen LogP contribution in [0.5, 0.6) is 0 Å². The molecule has 23 heavy (non-hydrogen) atoms. The molecule has 1 N–H and O–H groups in total. The van der Waals surface area contributed by atoms with Crippen LogP contribution in [0, 0.1) is 13.8 Å². The Morgan fingerprint density at radius 2 is 1.65 bits per heavy atom.